The van der Waals surface area contributed by atoms with Crippen LogP contribution < -0.4 is 4.74 Å². The lowest BCUT2D eigenvalue weighted by Gasteiger charge is -2.13. The Morgan fingerprint density at radius 3 is 2.53 bits per heavy atom. The van der Waals surface area contributed by atoms with Crippen LogP contribution in [0.3, 0.4) is 0 Å². The van der Waals surface area contributed by atoms with Crippen LogP contribution in [0.1, 0.15) is 17.3 Å². The van der Waals surface area contributed by atoms with Gasteiger partial charge in [-0.25, -0.2) is 0 Å². The Morgan fingerprint density at radius 1 is 1.47 bits per heavy atom. The number of hydrogen-bond donors (Lipinski definition) is 0. The highest BCUT2D eigenvalue weighted by molar-refractivity contribution is 14.1. The minimum absolute atomic E-state index is 0.0906. The number of alkyl halides is 4. The van der Waals surface area contributed by atoms with Crippen LogP contribution in [-0.4, -0.2) is 17.0 Å². The molecule has 0 amide bonds. The fourth-order valence-electron chi connectivity index (χ4n) is 1.12. The van der Waals surface area contributed by atoms with Crippen molar-refractivity contribution in [1.82, 2.24) is 0 Å². The van der Waals surface area contributed by atoms with E-state index in [1.54, 1.807) is 6.07 Å². The average Bonchev–Trinajstić information content (AvgIpc) is 2.14. The van der Waals surface area contributed by atoms with E-state index in [2.05, 4.69) is 20.7 Å². The Labute approximate surface area is 118 Å². The molecule has 1 atom stereocenters. The van der Waals surface area contributed by atoms with Gasteiger partial charge in [-0.15, -0.1) is 13.2 Å². The molecule has 0 saturated heterocycles. The maximum absolute atomic E-state index is 12.2. The van der Waals surface area contributed by atoms with Crippen molar-refractivity contribution in [3.63, 3.8) is 0 Å². The van der Waals surface area contributed by atoms with Crippen LogP contribution in [0.4, 0.5) is 13.2 Å². The summed E-state index contributed by atoms with van der Waals surface area (Å²) < 4.78 is 40.9. The maximum atomic E-state index is 12.2. The Balaban J connectivity index is 3.17. The summed E-state index contributed by atoms with van der Waals surface area (Å²) >= 11 is 4.86. The summed E-state index contributed by atoms with van der Waals surface area (Å²) in [6.07, 6.45) is -4.81. The highest BCUT2D eigenvalue weighted by Gasteiger charge is 2.33. The van der Waals surface area contributed by atoms with Crippen LogP contribution in [0.2, 0.25) is 0 Å². The molecule has 1 unspecified atom stereocenters. The van der Waals surface area contributed by atoms with Crippen molar-refractivity contribution in [2.75, 3.05) is 0 Å². The molecule has 94 valence electrons. The molecule has 0 bridgehead atoms. The highest BCUT2D eigenvalue weighted by Crippen LogP contribution is 2.29. The quantitative estimate of drug-likeness (QED) is 0.415. The molecule has 0 aromatic heterocycles. The molecular weight excluding hydrogens is 416 g/mol. The first-order valence-electron chi connectivity index (χ1n) is 4.44. The molecule has 0 N–H and O–H groups in total. The van der Waals surface area contributed by atoms with Crippen molar-refractivity contribution < 1.29 is 22.7 Å². The first kappa shape index (κ1) is 14.7. The number of carbonyl (C=O) groups is 1. The summed E-state index contributed by atoms with van der Waals surface area (Å²) in [6.45, 7) is 1.54. The average molecular weight is 423 g/mol. The maximum Gasteiger partial charge on any atom is 0.573 e. The molecule has 0 spiro atoms. The molecule has 1 rings (SSSR count). The van der Waals surface area contributed by atoms with Gasteiger partial charge in [0.15, 0.2) is 5.78 Å². The zero-order chi connectivity index (χ0) is 13.2. The summed E-state index contributed by atoms with van der Waals surface area (Å²) in [6, 6.07) is 4.05. The van der Waals surface area contributed by atoms with Gasteiger partial charge in [0.2, 0.25) is 0 Å². The monoisotopic (exact) mass is 422 g/mol. The molecule has 1 aromatic rings. The van der Waals surface area contributed by atoms with Gasteiger partial charge in [0.1, 0.15) is 5.75 Å². The molecule has 0 aliphatic carbocycles. The third kappa shape index (κ3) is 4.46. The van der Waals surface area contributed by atoms with Crippen molar-refractivity contribution in [2.45, 2.75) is 18.1 Å². The van der Waals surface area contributed by atoms with Crippen molar-refractivity contribution >= 4 is 44.3 Å². The lowest BCUT2D eigenvalue weighted by molar-refractivity contribution is -0.274. The van der Waals surface area contributed by atoms with E-state index in [9.17, 15) is 18.0 Å². The lowest BCUT2D eigenvalue weighted by atomic mass is 10.1. The first-order chi connectivity index (χ1) is 7.70. The molecule has 17 heavy (non-hydrogen) atoms. The van der Waals surface area contributed by atoms with Gasteiger partial charge in [-0.1, -0.05) is 15.9 Å². The predicted octanol–water partition coefficient (Wildman–Crippen LogP) is 4.16. The molecular formula is C10H7BrF3IO2. The topological polar surface area (TPSA) is 26.3 Å². The standard InChI is InChI=1S/C10H7BrF3IO2/c1-5(11)9(16)7-3-2-6(15)4-8(7)17-10(12,13)14/h2-5H,1H3. The van der Waals surface area contributed by atoms with Gasteiger partial charge in [0, 0.05) is 3.57 Å². The van der Waals surface area contributed by atoms with E-state index >= 15 is 0 Å². The highest BCUT2D eigenvalue weighted by atomic mass is 127. The molecule has 0 aliphatic heterocycles. The third-order valence-corrected chi connectivity index (χ3v) is 2.88. The minimum Gasteiger partial charge on any atom is -0.405 e. The van der Waals surface area contributed by atoms with E-state index < -0.39 is 22.7 Å². The van der Waals surface area contributed by atoms with E-state index in [4.69, 9.17) is 0 Å². The number of carbonyl (C=O) groups excluding carboxylic acids is 1. The van der Waals surface area contributed by atoms with Gasteiger partial charge in [-0.3, -0.25) is 4.79 Å². The fraction of sp³-hybridized carbons (Fsp3) is 0.300. The van der Waals surface area contributed by atoms with Crippen LogP contribution in [0.25, 0.3) is 0 Å². The Kier molecular flexibility index (Phi) is 4.82. The second kappa shape index (κ2) is 5.55. The Bertz CT molecular complexity index is 432. The van der Waals surface area contributed by atoms with Gasteiger partial charge in [0.05, 0.1) is 10.4 Å². The number of benzene rings is 1. The zero-order valence-corrected chi connectivity index (χ0v) is 12.3. The lowest BCUT2D eigenvalue weighted by Crippen LogP contribution is -2.20. The summed E-state index contributed by atoms with van der Waals surface area (Å²) in [7, 11) is 0. The second-order valence-corrected chi connectivity index (χ2v) is 5.79. The minimum atomic E-state index is -4.81. The summed E-state index contributed by atoms with van der Waals surface area (Å²) in [5.74, 6) is -0.929. The number of hydrogen-bond acceptors (Lipinski definition) is 2. The Morgan fingerprint density at radius 2 is 2.06 bits per heavy atom. The smallest absolute Gasteiger partial charge is 0.405 e. The van der Waals surface area contributed by atoms with Gasteiger partial charge < -0.3 is 4.74 Å². The van der Waals surface area contributed by atoms with Crippen LogP contribution in [0, 0.1) is 3.57 Å². The van der Waals surface area contributed by atoms with Crippen molar-refractivity contribution in [1.29, 1.82) is 0 Å². The molecule has 0 saturated carbocycles. The van der Waals surface area contributed by atoms with E-state index in [0.29, 0.717) is 3.57 Å². The molecule has 0 radical (unpaired) electrons. The molecule has 0 heterocycles. The van der Waals surface area contributed by atoms with Gasteiger partial charge >= 0.3 is 6.36 Å². The summed E-state index contributed by atoms with van der Waals surface area (Å²) in [4.78, 5) is 11.1. The largest absolute Gasteiger partial charge is 0.573 e. The van der Waals surface area contributed by atoms with Gasteiger partial charge in [-0.05, 0) is 47.7 Å². The fourth-order valence-corrected chi connectivity index (χ4v) is 1.83. The normalized spacial score (nSPS) is 13.3. The summed E-state index contributed by atoms with van der Waals surface area (Å²) in [5.41, 5.74) is -0.0906. The summed E-state index contributed by atoms with van der Waals surface area (Å²) in [5, 5.41) is 0. The molecule has 0 fully saturated rings. The van der Waals surface area contributed by atoms with Gasteiger partial charge in [0.25, 0.3) is 0 Å². The SMILES string of the molecule is CC(Br)C(=O)c1ccc(I)cc1OC(F)(F)F. The van der Waals surface area contributed by atoms with E-state index in [1.807, 2.05) is 22.6 Å². The van der Waals surface area contributed by atoms with Crippen LogP contribution in [0.5, 0.6) is 5.75 Å². The number of ketones is 1. The molecule has 7 heteroatoms. The third-order valence-electron chi connectivity index (χ3n) is 1.80. The molecule has 2 nitrogen and oxygen atoms in total. The van der Waals surface area contributed by atoms with Crippen molar-refractivity contribution in [3.8, 4) is 5.75 Å². The number of ether oxygens (including phenoxy) is 1. The van der Waals surface area contributed by atoms with Crippen LogP contribution in [-0.2, 0) is 0 Å². The number of Topliss-reactive ketones (excluding diaryl/α,β-unsaturated/α-hetero) is 1. The first-order valence-corrected chi connectivity index (χ1v) is 6.44. The zero-order valence-electron chi connectivity index (χ0n) is 8.52. The molecule has 1 aromatic carbocycles. The number of rotatable bonds is 3. The van der Waals surface area contributed by atoms with Crippen molar-refractivity contribution in [3.05, 3.63) is 27.3 Å². The van der Waals surface area contributed by atoms with Crippen LogP contribution in [0.15, 0.2) is 18.2 Å². The van der Waals surface area contributed by atoms with Gasteiger partial charge in [-0.2, -0.15) is 0 Å². The van der Waals surface area contributed by atoms with Crippen molar-refractivity contribution in [2.24, 2.45) is 0 Å². The number of halogens is 5. The van der Waals surface area contributed by atoms with E-state index in [-0.39, 0.29) is 5.56 Å². The van der Waals surface area contributed by atoms with Crippen LogP contribution >= 0.6 is 38.5 Å². The van der Waals surface area contributed by atoms with E-state index in [1.165, 1.54) is 19.1 Å². The Hall–Kier alpha value is -0.310. The second-order valence-electron chi connectivity index (χ2n) is 3.17. The predicted molar refractivity (Wildman–Crippen MR) is 68.6 cm³/mol. The van der Waals surface area contributed by atoms with E-state index in [0.717, 1.165) is 0 Å². The molecule has 0 aliphatic rings.